The first-order valence-corrected chi connectivity index (χ1v) is 14.2. The number of piperidine rings is 1. The van der Waals surface area contributed by atoms with E-state index in [2.05, 4.69) is 30.0 Å². The molecule has 1 aliphatic heterocycles. The van der Waals surface area contributed by atoms with E-state index < -0.39 is 17.0 Å². The Kier molecular flexibility index (Phi) is 9.99. The van der Waals surface area contributed by atoms with Gasteiger partial charge in [0.2, 0.25) is 0 Å². The summed E-state index contributed by atoms with van der Waals surface area (Å²) in [5, 5.41) is 12.7. The van der Waals surface area contributed by atoms with Crippen molar-refractivity contribution in [3.63, 3.8) is 0 Å². The van der Waals surface area contributed by atoms with E-state index in [4.69, 9.17) is 18.6 Å². The minimum absolute atomic E-state index is 0.454. The Bertz CT molecular complexity index is 708. The summed E-state index contributed by atoms with van der Waals surface area (Å²) in [4.78, 5) is 2.57. The molecule has 1 heterocycles. The molecule has 0 spiro atoms. The molecule has 2 nitrogen and oxygen atoms in total. The second-order valence-corrected chi connectivity index (χ2v) is 10.6. The number of hydrogen-bond acceptors (Lipinski definition) is 2. The summed E-state index contributed by atoms with van der Waals surface area (Å²) < 4.78 is 0. The molecule has 1 N–H and O–H groups in total. The van der Waals surface area contributed by atoms with Crippen molar-refractivity contribution in [1.29, 1.82) is 0 Å². The van der Waals surface area contributed by atoms with Gasteiger partial charge in [-0.05, 0) is 56.2 Å². The summed E-state index contributed by atoms with van der Waals surface area (Å²) in [6.07, 6.45) is 4.01. The molecule has 2 aromatic rings. The van der Waals surface area contributed by atoms with Gasteiger partial charge in [-0.2, -0.15) is 0 Å². The van der Waals surface area contributed by atoms with Crippen LogP contribution < -0.4 is 10.6 Å². The Balaban J connectivity index is 0.000000758. The first kappa shape index (κ1) is 22.2. The van der Waals surface area contributed by atoms with Crippen molar-refractivity contribution in [1.82, 2.24) is 4.90 Å². The number of phenols is 1. The predicted molar refractivity (Wildman–Crippen MR) is 112 cm³/mol. The molecule has 26 heavy (non-hydrogen) atoms. The van der Waals surface area contributed by atoms with Crippen LogP contribution in [-0.4, -0.2) is 23.1 Å². The van der Waals surface area contributed by atoms with Crippen LogP contribution in [-0.2, 0) is 23.6 Å². The summed E-state index contributed by atoms with van der Waals surface area (Å²) in [7, 11) is 10.3. The Hall–Kier alpha value is -0.0757. The third kappa shape index (κ3) is 6.82. The fraction of sp³-hybridized carbons (Fsp3) is 0.400. The van der Waals surface area contributed by atoms with Crippen molar-refractivity contribution >= 4 is 37.8 Å². The molecule has 0 radical (unpaired) electrons. The number of aromatic hydroxyl groups is 1. The maximum atomic E-state index is 10.3. The SMILES string of the molecule is Cc1ccc(Pc2cccc(C)c2O)c(CN2CCCCC2)c1.[Cl][Ti][Cl]. The molecule has 140 valence electrons. The van der Waals surface area contributed by atoms with E-state index in [1.54, 1.807) is 0 Å². The second kappa shape index (κ2) is 11.7. The van der Waals surface area contributed by atoms with Gasteiger partial charge in [-0.25, -0.2) is 0 Å². The molecule has 0 amide bonds. The fourth-order valence-corrected chi connectivity index (χ4v) is 4.50. The van der Waals surface area contributed by atoms with Gasteiger partial charge in [0.15, 0.2) is 0 Å². The molecule has 2 aromatic carbocycles. The number of halogens is 2. The summed E-state index contributed by atoms with van der Waals surface area (Å²) in [5.74, 6) is 0.454. The molecule has 1 unspecified atom stereocenters. The van der Waals surface area contributed by atoms with Gasteiger partial charge in [0.1, 0.15) is 5.75 Å². The topological polar surface area (TPSA) is 23.5 Å². The zero-order chi connectivity index (χ0) is 18.9. The molecule has 0 aliphatic carbocycles. The number of phenolic OH excluding ortho intramolecular Hbond substituents is 1. The second-order valence-electron chi connectivity index (χ2n) is 6.66. The monoisotopic (exact) mass is 445 g/mol. The van der Waals surface area contributed by atoms with Crippen molar-refractivity contribution in [3.8, 4) is 5.75 Å². The minimum atomic E-state index is -0.556. The van der Waals surface area contributed by atoms with Crippen LogP contribution in [0.2, 0.25) is 0 Å². The summed E-state index contributed by atoms with van der Waals surface area (Å²) in [6, 6.07) is 12.8. The summed E-state index contributed by atoms with van der Waals surface area (Å²) in [6.45, 7) is 7.60. The van der Waals surface area contributed by atoms with E-state index in [1.807, 2.05) is 25.1 Å². The number of likely N-dealkylation sites (tertiary alicyclic amines) is 1. The van der Waals surface area contributed by atoms with Crippen molar-refractivity contribution in [3.05, 3.63) is 53.1 Å². The number of aryl methyl sites for hydroxylation is 2. The molecular formula is C20H26Cl2NOPTi. The van der Waals surface area contributed by atoms with Crippen LogP contribution in [0.25, 0.3) is 0 Å². The normalized spacial score (nSPS) is 14.9. The first-order chi connectivity index (χ1) is 12.5. The van der Waals surface area contributed by atoms with Gasteiger partial charge in [0.05, 0.1) is 0 Å². The van der Waals surface area contributed by atoms with Gasteiger partial charge < -0.3 is 5.11 Å². The molecule has 0 bridgehead atoms. The van der Waals surface area contributed by atoms with Gasteiger partial charge in [0, 0.05) is 11.8 Å². The van der Waals surface area contributed by atoms with Crippen molar-refractivity contribution < 1.29 is 22.1 Å². The van der Waals surface area contributed by atoms with E-state index in [1.165, 1.54) is 48.8 Å². The van der Waals surface area contributed by atoms with E-state index in [0.29, 0.717) is 14.3 Å². The molecule has 0 aromatic heterocycles. The van der Waals surface area contributed by atoms with Crippen LogP contribution in [0.3, 0.4) is 0 Å². The molecular weight excluding hydrogens is 420 g/mol. The van der Waals surface area contributed by atoms with Crippen LogP contribution in [0.1, 0.15) is 36.0 Å². The van der Waals surface area contributed by atoms with E-state index in [-0.39, 0.29) is 0 Å². The first-order valence-electron chi connectivity index (χ1n) is 8.89. The number of benzene rings is 2. The van der Waals surface area contributed by atoms with Crippen molar-refractivity contribution in [2.45, 2.75) is 39.7 Å². The Labute approximate surface area is 175 Å². The molecule has 3 rings (SSSR count). The van der Waals surface area contributed by atoms with Crippen LogP contribution >= 0.6 is 27.2 Å². The predicted octanol–water partition coefficient (Wildman–Crippen LogP) is 5.00. The van der Waals surface area contributed by atoms with Crippen molar-refractivity contribution in [2.75, 3.05) is 13.1 Å². The molecule has 1 saturated heterocycles. The summed E-state index contributed by atoms with van der Waals surface area (Å²) in [5.41, 5.74) is 3.70. The zero-order valence-corrected chi connectivity index (χ0v) is 19.4. The van der Waals surface area contributed by atoms with Crippen molar-refractivity contribution in [2.24, 2.45) is 0 Å². The van der Waals surface area contributed by atoms with E-state index in [9.17, 15) is 5.11 Å². The average Bonchev–Trinajstić information content (AvgIpc) is 2.63. The zero-order valence-electron chi connectivity index (χ0n) is 15.4. The molecule has 1 aliphatic rings. The van der Waals surface area contributed by atoms with Gasteiger partial charge in [-0.1, -0.05) is 57.0 Å². The summed E-state index contributed by atoms with van der Waals surface area (Å²) >= 11 is -0.556. The Morgan fingerprint density at radius 2 is 1.73 bits per heavy atom. The van der Waals surface area contributed by atoms with E-state index >= 15 is 0 Å². The third-order valence-electron chi connectivity index (χ3n) is 4.61. The number of hydrogen-bond donors (Lipinski definition) is 1. The Morgan fingerprint density at radius 3 is 2.42 bits per heavy atom. The van der Waals surface area contributed by atoms with Crippen LogP contribution in [0, 0.1) is 13.8 Å². The van der Waals surface area contributed by atoms with E-state index in [0.717, 1.165) is 17.4 Å². The quantitative estimate of drug-likeness (QED) is 0.528. The van der Waals surface area contributed by atoms with Gasteiger partial charge in [-0.15, -0.1) is 0 Å². The number of rotatable bonds is 4. The molecule has 6 heteroatoms. The maximum absolute atomic E-state index is 10.3. The molecule has 0 saturated carbocycles. The molecule has 1 atom stereocenters. The van der Waals surface area contributed by atoms with Crippen LogP contribution in [0.15, 0.2) is 36.4 Å². The standard InChI is InChI=1S/C20H26NOP.2ClH.Ti/c1-15-9-10-18(23-19-8-6-7-16(2)20(19)22)17(13-15)14-21-11-4-3-5-12-21;;;/h6-10,13,22-23H,3-5,11-12,14H2,1-2H3;2*1H;/q;;;+2/p-2. The van der Waals surface area contributed by atoms with Gasteiger partial charge in [0.25, 0.3) is 0 Å². The average molecular weight is 446 g/mol. The Morgan fingerprint density at radius 1 is 1.04 bits per heavy atom. The molecule has 1 fully saturated rings. The third-order valence-corrected chi connectivity index (χ3v) is 6.04. The fourth-order valence-electron chi connectivity index (χ4n) is 3.24. The number of nitrogens with zero attached hydrogens (tertiary/aromatic N) is 1. The van der Waals surface area contributed by atoms with Gasteiger partial charge in [-0.3, -0.25) is 4.90 Å². The van der Waals surface area contributed by atoms with Crippen LogP contribution in [0.4, 0.5) is 0 Å². The van der Waals surface area contributed by atoms with Gasteiger partial charge >= 0.3 is 35.6 Å². The number of para-hydroxylation sites is 1. The van der Waals surface area contributed by atoms with Crippen LogP contribution in [0.5, 0.6) is 5.75 Å².